The Morgan fingerprint density at radius 2 is 2.00 bits per heavy atom. The fourth-order valence-corrected chi connectivity index (χ4v) is 2.81. The number of rotatable bonds is 4. The van der Waals surface area contributed by atoms with Crippen LogP contribution in [0.4, 0.5) is 0 Å². The molecular weight excluding hydrogens is 244 g/mol. The maximum Gasteiger partial charge on any atom is 0.306 e. The quantitative estimate of drug-likeness (QED) is 0.661. The minimum atomic E-state index is -0.725. The Morgan fingerprint density at radius 3 is 2.58 bits per heavy atom. The Labute approximate surface area is 113 Å². The van der Waals surface area contributed by atoms with Gasteiger partial charge in [0.1, 0.15) is 0 Å². The zero-order valence-corrected chi connectivity index (χ0v) is 11.4. The first-order chi connectivity index (χ1) is 9.09. The predicted octanol–water partition coefficient (Wildman–Crippen LogP) is 0.913. The number of carboxylic acids is 1. The summed E-state index contributed by atoms with van der Waals surface area (Å²) in [6, 6.07) is 0. The van der Waals surface area contributed by atoms with Crippen molar-refractivity contribution in [2.75, 3.05) is 19.6 Å². The molecule has 1 saturated carbocycles. The normalized spacial score (nSPS) is 26.5. The van der Waals surface area contributed by atoms with Gasteiger partial charge in [-0.2, -0.15) is 0 Å². The average Bonchev–Trinajstić information content (AvgIpc) is 2.34. The average molecular weight is 266 g/mol. The molecule has 1 aliphatic heterocycles. The number of aliphatic carboxylic acids is 1. The number of carbonyl (C=O) groups is 2. The molecule has 2 fully saturated rings. The van der Waals surface area contributed by atoms with Gasteiger partial charge in [-0.1, -0.05) is 12.8 Å². The highest BCUT2D eigenvalue weighted by atomic mass is 16.4. The van der Waals surface area contributed by atoms with Gasteiger partial charge in [-0.3, -0.25) is 9.59 Å². The van der Waals surface area contributed by atoms with E-state index in [0.29, 0.717) is 6.54 Å². The van der Waals surface area contributed by atoms with Crippen LogP contribution in [-0.4, -0.2) is 36.6 Å². The van der Waals surface area contributed by atoms with Crippen LogP contribution in [0.25, 0.3) is 0 Å². The molecule has 5 nitrogen and oxygen atoms in total. The summed E-state index contributed by atoms with van der Waals surface area (Å²) in [5, 5.41) is 15.2. The van der Waals surface area contributed by atoms with E-state index >= 15 is 0 Å². The van der Waals surface area contributed by atoms with Crippen molar-refractivity contribution in [3.63, 3.8) is 0 Å². The van der Waals surface area contributed by atoms with Crippen LogP contribution in [0.1, 0.15) is 32.6 Å². The van der Waals surface area contributed by atoms with Gasteiger partial charge in [0.15, 0.2) is 0 Å². The molecule has 1 saturated heterocycles. The minimum absolute atomic E-state index is 0.0498. The number of hydrogen-bond acceptors (Lipinski definition) is 3. The van der Waals surface area contributed by atoms with Gasteiger partial charge in [-0.25, -0.2) is 0 Å². The van der Waals surface area contributed by atoms with Gasteiger partial charge in [0, 0.05) is 25.2 Å². The van der Waals surface area contributed by atoms with E-state index in [1.165, 1.54) is 0 Å². The number of carbonyl (C=O) groups excluding carboxylic acids is 1. The third kappa shape index (κ3) is 3.35. The van der Waals surface area contributed by atoms with Crippen molar-refractivity contribution in [1.29, 1.82) is 0 Å². The molecule has 0 aromatic carbocycles. The van der Waals surface area contributed by atoms with Gasteiger partial charge in [-0.05, 0) is 31.3 Å². The molecule has 2 rings (SSSR count). The first-order valence-electron chi connectivity index (χ1n) is 7.00. The second kappa shape index (κ2) is 6.19. The zero-order valence-electron chi connectivity index (χ0n) is 11.4. The smallest absolute Gasteiger partial charge is 0.306 e. The summed E-state index contributed by atoms with van der Waals surface area (Å²) in [6.45, 7) is 3.90. The van der Waals surface area contributed by atoms with E-state index in [2.05, 4.69) is 10.6 Å². The van der Waals surface area contributed by atoms with Gasteiger partial charge < -0.3 is 15.7 Å². The second-order valence-corrected chi connectivity index (χ2v) is 5.53. The Kier molecular flexibility index (Phi) is 4.58. The van der Waals surface area contributed by atoms with E-state index in [1.54, 1.807) is 0 Å². The fourth-order valence-electron chi connectivity index (χ4n) is 2.81. The Hall–Kier alpha value is -1.36. The van der Waals surface area contributed by atoms with Crippen molar-refractivity contribution in [3.05, 3.63) is 11.1 Å². The number of nitrogens with one attached hydrogen (secondary N) is 2. The minimum Gasteiger partial charge on any atom is -0.481 e. The van der Waals surface area contributed by atoms with Gasteiger partial charge in [0.2, 0.25) is 5.91 Å². The first kappa shape index (κ1) is 14.1. The molecule has 2 atom stereocenters. The lowest BCUT2D eigenvalue weighted by Gasteiger charge is -2.29. The van der Waals surface area contributed by atoms with Gasteiger partial charge in [0.25, 0.3) is 0 Å². The Balaban J connectivity index is 1.86. The molecule has 0 aromatic rings. The highest BCUT2D eigenvalue weighted by Gasteiger charge is 2.31. The Bertz CT molecular complexity index is 397. The van der Waals surface area contributed by atoms with Crippen LogP contribution >= 0.6 is 0 Å². The summed E-state index contributed by atoms with van der Waals surface area (Å²) < 4.78 is 0. The topological polar surface area (TPSA) is 78.4 Å². The molecule has 3 N–H and O–H groups in total. The van der Waals surface area contributed by atoms with E-state index in [0.717, 1.165) is 49.9 Å². The number of amides is 1. The van der Waals surface area contributed by atoms with Crippen LogP contribution in [0, 0.1) is 11.8 Å². The highest BCUT2D eigenvalue weighted by molar-refractivity contribution is 5.94. The summed E-state index contributed by atoms with van der Waals surface area (Å²) in [4.78, 5) is 23.1. The fraction of sp³-hybridized carbons (Fsp3) is 0.714. The van der Waals surface area contributed by atoms with Crippen LogP contribution < -0.4 is 10.6 Å². The van der Waals surface area contributed by atoms with E-state index in [1.807, 2.05) is 6.92 Å². The molecule has 2 unspecified atom stereocenters. The summed E-state index contributed by atoms with van der Waals surface area (Å²) in [5.74, 6) is -0.997. The van der Waals surface area contributed by atoms with Crippen LogP contribution in [-0.2, 0) is 9.59 Å². The lowest BCUT2D eigenvalue weighted by molar-refractivity contribution is -0.145. The summed E-state index contributed by atoms with van der Waals surface area (Å²) in [6.07, 6.45) is 3.68. The van der Waals surface area contributed by atoms with Crippen LogP contribution in [0.3, 0.4) is 0 Å². The van der Waals surface area contributed by atoms with Crippen molar-refractivity contribution in [1.82, 2.24) is 10.6 Å². The van der Waals surface area contributed by atoms with E-state index < -0.39 is 5.97 Å². The molecular formula is C14H22N2O3. The van der Waals surface area contributed by atoms with Gasteiger partial charge in [-0.15, -0.1) is 0 Å². The standard InChI is InChI=1S/C14H22N2O3/c1-9(11-6-15-7-11)13(17)16-8-10-4-2-3-5-12(10)14(18)19/h10,12,15H,2-8H2,1H3,(H,16,17)(H,18,19). The third-order valence-electron chi connectivity index (χ3n) is 4.30. The SMILES string of the molecule is CC(C(=O)NCC1CCCCC1C(=O)O)=C1CNC1. The van der Waals surface area contributed by atoms with Crippen molar-refractivity contribution in [3.8, 4) is 0 Å². The van der Waals surface area contributed by atoms with Gasteiger partial charge in [0.05, 0.1) is 5.92 Å². The molecule has 1 heterocycles. The van der Waals surface area contributed by atoms with Crippen molar-refractivity contribution < 1.29 is 14.7 Å². The Morgan fingerprint density at radius 1 is 1.32 bits per heavy atom. The van der Waals surface area contributed by atoms with Crippen LogP contribution in [0.15, 0.2) is 11.1 Å². The van der Waals surface area contributed by atoms with Crippen LogP contribution in [0.2, 0.25) is 0 Å². The second-order valence-electron chi connectivity index (χ2n) is 5.53. The first-order valence-corrected chi connectivity index (χ1v) is 7.00. The van der Waals surface area contributed by atoms with Gasteiger partial charge >= 0.3 is 5.97 Å². The molecule has 0 aromatic heterocycles. The molecule has 1 amide bonds. The monoisotopic (exact) mass is 266 g/mol. The third-order valence-corrected chi connectivity index (χ3v) is 4.30. The zero-order chi connectivity index (χ0) is 13.8. The molecule has 19 heavy (non-hydrogen) atoms. The largest absolute Gasteiger partial charge is 0.481 e. The lowest BCUT2D eigenvalue weighted by Crippen LogP contribution is -2.40. The maximum absolute atomic E-state index is 12.0. The van der Waals surface area contributed by atoms with E-state index in [4.69, 9.17) is 0 Å². The molecule has 5 heteroatoms. The molecule has 106 valence electrons. The van der Waals surface area contributed by atoms with Crippen LogP contribution in [0.5, 0.6) is 0 Å². The number of hydrogen-bond donors (Lipinski definition) is 3. The summed E-state index contributed by atoms with van der Waals surface area (Å²) in [5.41, 5.74) is 1.93. The molecule has 0 spiro atoms. The summed E-state index contributed by atoms with van der Waals surface area (Å²) >= 11 is 0. The lowest BCUT2D eigenvalue weighted by atomic mass is 9.79. The van der Waals surface area contributed by atoms with E-state index in [9.17, 15) is 14.7 Å². The molecule has 0 radical (unpaired) electrons. The molecule has 1 aliphatic carbocycles. The maximum atomic E-state index is 12.0. The summed E-state index contributed by atoms with van der Waals surface area (Å²) in [7, 11) is 0. The van der Waals surface area contributed by atoms with Crippen molar-refractivity contribution in [2.24, 2.45) is 11.8 Å². The van der Waals surface area contributed by atoms with Crippen molar-refractivity contribution in [2.45, 2.75) is 32.6 Å². The predicted molar refractivity (Wildman–Crippen MR) is 71.7 cm³/mol. The van der Waals surface area contributed by atoms with Crippen molar-refractivity contribution >= 4 is 11.9 Å². The number of carboxylic acid groups (broad SMARTS) is 1. The molecule has 2 aliphatic rings. The highest BCUT2D eigenvalue weighted by Crippen LogP contribution is 2.29. The molecule has 0 bridgehead atoms. The van der Waals surface area contributed by atoms with E-state index in [-0.39, 0.29) is 17.7 Å².